The quantitative estimate of drug-likeness (QED) is 0.553. The van der Waals surface area contributed by atoms with Gasteiger partial charge >= 0.3 is 0 Å². The molecule has 0 heterocycles. The Morgan fingerprint density at radius 2 is 2.45 bits per heavy atom. The van der Waals surface area contributed by atoms with Gasteiger partial charge < -0.3 is 0 Å². The van der Waals surface area contributed by atoms with Crippen molar-refractivity contribution >= 4 is 5.78 Å². The Balaban J connectivity index is 2.90. The Morgan fingerprint density at radius 1 is 1.73 bits per heavy atom. The molecule has 0 spiro atoms. The molecule has 0 aromatic heterocycles. The molecule has 0 amide bonds. The zero-order valence-electron chi connectivity index (χ0n) is 6.97. The van der Waals surface area contributed by atoms with Crippen LogP contribution in [0.2, 0.25) is 0 Å². The van der Waals surface area contributed by atoms with Gasteiger partial charge in [0.2, 0.25) is 0 Å². The molecule has 1 aliphatic carbocycles. The lowest BCUT2D eigenvalue weighted by molar-refractivity contribution is -0.122. The number of allylic oxidation sites excluding steroid dienone is 3. The van der Waals surface area contributed by atoms with E-state index >= 15 is 0 Å². The summed E-state index contributed by atoms with van der Waals surface area (Å²) in [5.74, 6) is 0.212. The SMILES string of the molecule is C=CC1(C(C)=O)C=CCCC1. The minimum absolute atomic E-state index is 0.212. The normalized spacial score (nSPS) is 29.9. The average Bonchev–Trinajstić information content (AvgIpc) is 2.05. The zero-order chi connectivity index (χ0) is 8.32. The predicted molar refractivity (Wildman–Crippen MR) is 46.3 cm³/mol. The molecular weight excluding hydrogens is 136 g/mol. The molecule has 0 N–H and O–H groups in total. The first-order valence-corrected chi connectivity index (χ1v) is 4.03. The summed E-state index contributed by atoms with van der Waals surface area (Å²) >= 11 is 0. The van der Waals surface area contributed by atoms with Crippen LogP contribution in [0.1, 0.15) is 26.2 Å². The van der Waals surface area contributed by atoms with Gasteiger partial charge in [-0.05, 0) is 26.2 Å². The molecule has 0 saturated carbocycles. The van der Waals surface area contributed by atoms with E-state index < -0.39 is 0 Å². The van der Waals surface area contributed by atoms with Crippen molar-refractivity contribution in [3.63, 3.8) is 0 Å². The zero-order valence-corrected chi connectivity index (χ0v) is 6.97. The molecule has 1 heteroatoms. The van der Waals surface area contributed by atoms with Crippen LogP contribution in [-0.2, 0) is 4.79 Å². The van der Waals surface area contributed by atoms with Gasteiger partial charge in [0.25, 0.3) is 0 Å². The first-order chi connectivity index (χ1) is 5.21. The second-order valence-electron chi connectivity index (χ2n) is 3.10. The van der Waals surface area contributed by atoms with Crippen molar-refractivity contribution in [2.45, 2.75) is 26.2 Å². The third-order valence-electron chi connectivity index (χ3n) is 2.40. The molecule has 60 valence electrons. The van der Waals surface area contributed by atoms with Crippen LogP contribution < -0.4 is 0 Å². The lowest BCUT2D eigenvalue weighted by Crippen LogP contribution is -2.25. The first-order valence-electron chi connectivity index (χ1n) is 4.03. The summed E-state index contributed by atoms with van der Waals surface area (Å²) in [5, 5.41) is 0. The molecule has 0 aromatic rings. The summed E-state index contributed by atoms with van der Waals surface area (Å²) in [5.41, 5.74) is -0.335. The van der Waals surface area contributed by atoms with Crippen LogP contribution in [0.4, 0.5) is 0 Å². The molecule has 11 heavy (non-hydrogen) atoms. The maximum absolute atomic E-state index is 11.2. The van der Waals surface area contributed by atoms with Crippen molar-refractivity contribution in [1.82, 2.24) is 0 Å². The molecule has 1 atom stereocenters. The van der Waals surface area contributed by atoms with Crippen molar-refractivity contribution in [3.05, 3.63) is 24.8 Å². The lowest BCUT2D eigenvalue weighted by atomic mass is 9.76. The second kappa shape index (κ2) is 3.04. The smallest absolute Gasteiger partial charge is 0.143 e. The van der Waals surface area contributed by atoms with Crippen molar-refractivity contribution in [1.29, 1.82) is 0 Å². The van der Waals surface area contributed by atoms with E-state index in [1.807, 2.05) is 6.08 Å². The minimum Gasteiger partial charge on any atom is -0.299 e. The number of hydrogen-bond donors (Lipinski definition) is 0. The van der Waals surface area contributed by atoms with Crippen LogP contribution in [0.15, 0.2) is 24.8 Å². The molecule has 0 saturated heterocycles. The van der Waals surface area contributed by atoms with Crippen LogP contribution >= 0.6 is 0 Å². The molecule has 0 fully saturated rings. The fraction of sp³-hybridized carbons (Fsp3) is 0.500. The number of ketones is 1. The fourth-order valence-electron chi connectivity index (χ4n) is 1.50. The van der Waals surface area contributed by atoms with Gasteiger partial charge in [-0.3, -0.25) is 4.79 Å². The Hall–Kier alpha value is -0.850. The standard InChI is InChI=1S/C10H14O/c1-3-10(9(2)11)7-5-4-6-8-10/h3,5,7H,1,4,6,8H2,2H3. The molecule has 0 bridgehead atoms. The highest BCUT2D eigenvalue weighted by Gasteiger charge is 2.29. The van der Waals surface area contributed by atoms with Gasteiger partial charge in [0, 0.05) is 0 Å². The molecule has 0 aromatic carbocycles. The summed E-state index contributed by atoms with van der Waals surface area (Å²) in [6, 6.07) is 0. The van der Waals surface area contributed by atoms with Crippen LogP contribution in [-0.4, -0.2) is 5.78 Å². The van der Waals surface area contributed by atoms with Crippen LogP contribution in [0.5, 0.6) is 0 Å². The van der Waals surface area contributed by atoms with Crippen LogP contribution in [0.3, 0.4) is 0 Å². The number of rotatable bonds is 2. The topological polar surface area (TPSA) is 17.1 Å². The van der Waals surface area contributed by atoms with Crippen LogP contribution in [0, 0.1) is 5.41 Å². The van der Waals surface area contributed by atoms with Crippen molar-refractivity contribution in [2.75, 3.05) is 0 Å². The number of hydrogen-bond acceptors (Lipinski definition) is 1. The highest BCUT2D eigenvalue weighted by molar-refractivity contribution is 5.86. The summed E-state index contributed by atoms with van der Waals surface area (Å²) in [7, 11) is 0. The number of Topliss-reactive ketones (excluding diaryl/α,β-unsaturated/α-hetero) is 1. The molecular formula is C10H14O. The van der Waals surface area contributed by atoms with E-state index in [0.29, 0.717) is 0 Å². The van der Waals surface area contributed by atoms with Gasteiger partial charge in [0.05, 0.1) is 5.41 Å². The highest BCUT2D eigenvalue weighted by Crippen LogP contribution is 2.32. The number of carbonyl (C=O) groups is 1. The van der Waals surface area contributed by atoms with Gasteiger partial charge in [-0.1, -0.05) is 18.2 Å². The first kappa shape index (κ1) is 8.25. The van der Waals surface area contributed by atoms with E-state index in [0.717, 1.165) is 19.3 Å². The maximum atomic E-state index is 11.2. The molecule has 1 rings (SSSR count). The third kappa shape index (κ3) is 1.42. The summed E-state index contributed by atoms with van der Waals surface area (Å²) in [4.78, 5) is 11.2. The summed E-state index contributed by atoms with van der Waals surface area (Å²) in [6.07, 6.45) is 8.97. The van der Waals surface area contributed by atoms with E-state index in [9.17, 15) is 4.79 Å². The van der Waals surface area contributed by atoms with E-state index in [2.05, 4.69) is 12.7 Å². The van der Waals surface area contributed by atoms with E-state index in [1.54, 1.807) is 13.0 Å². The monoisotopic (exact) mass is 150 g/mol. The van der Waals surface area contributed by atoms with E-state index in [4.69, 9.17) is 0 Å². The predicted octanol–water partition coefficient (Wildman–Crippen LogP) is 2.49. The molecule has 1 nitrogen and oxygen atoms in total. The van der Waals surface area contributed by atoms with Gasteiger partial charge in [-0.15, -0.1) is 6.58 Å². The fourth-order valence-corrected chi connectivity index (χ4v) is 1.50. The number of carbonyl (C=O) groups excluding carboxylic acids is 1. The molecule has 1 aliphatic rings. The van der Waals surface area contributed by atoms with E-state index in [1.165, 1.54) is 0 Å². The Labute approximate surface area is 67.8 Å². The van der Waals surface area contributed by atoms with Gasteiger partial charge in [-0.2, -0.15) is 0 Å². The van der Waals surface area contributed by atoms with Crippen molar-refractivity contribution in [3.8, 4) is 0 Å². The third-order valence-corrected chi connectivity index (χ3v) is 2.40. The average molecular weight is 150 g/mol. The second-order valence-corrected chi connectivity index (χ2v) is 3.10. The molecule has 1 unspecified atom stereocenters. The van der Waals surface area contributed by atoms with Gasteiger partial charge in [0.1, 0.15) is 5.78 Å². The Kier molecular flexibility index (Phi) is 2.28. The highest BCUT2D eigenvalue weighted by atomic mass is 16.1. The van der Waals surface area contributed by atoms with E-state index in [-0.39, 0.29) is 11.2 Å². The maximum Gasteiger partial charge on any atom is 0.143 e. The lowest BCUT2D eigenvalue weighted by Gasteiger charge is -2.26. The Morgan fingerprint density at radius 3 is 2.73 bits per heavy atom. The Bertz CT molecular complexity index is 203. The largest absolute Gasteiger partial charge is 0.299 e. The minimum atomic E-state index is -0.335. The van der Waals surface area contributed by atoms with Crippen molar-refractivity contribution in [2.24, 2.45) is 5.41 Å². The van der Waals surface area contributed by atoms with Gasteiger partial charge in [-0.25, -0.2) is 0 Å². The summed E-state index contributed by atoms with van der Waals surface area (Å²) < 4.78 is 0. The van der Waals surface area contributed by atoms with Crippen LogP contribution in [0.25, 0.3) is 0 Å². The molecule has 0 radical (unpaired) electrons. The van der Waals surface area contributed by atoms with Crippen molar-refractivity contribution < 1.29 is 4.79 Å². The van der Waals surface area contributed by atoms with Gasteiger partial charge in [0.15, 0.2) is 0 Å². The molecule has 0 aliphatic heterocycles. The summed E-state index contributed by atoms with van der Waals surface area (Å²) in [6.45, 7) is 5.34.